The molecule has 2 aromatic carbocycles. The fourth-order valence-corrected chi connectivity index (χ4v) is 4.44. The van der Waals surface area contributed by atoms with Gasteiger partial charge in [0.15, 0.2) is 11.5 Å². The maximum atomic E-state index is 13.3. The van der Waals surface area contributed by atoms with E-state index in [1.165, 1.54) is 36.4 Å². The summed E-state index contributed by atoms with van der Waals surface area (Å²) in [5.74, 6) is 0.218. The van der Waals surface area contributed by atoms with E-state index in [4.69, 9.17) is 25.8 Å². The number of anilines is 1. The lowest BCUT2D eigenvalue weighted by Crippen LogP contribution is -2.31. The van der Waals surface area contributed by atoms with Crippen LogP contribution < -0.4 is 13.8 Å². The van der Waals surface area contributed by atoms with Crippen LogP contribution in [-0.4, -0.2) is 40.8 Å². The number of sulfonamides is 1. The summed E-state index contributed by atoms with van der Waals surface area (Å²) in [6.07, 6.45) is 1.45. The molecular weight excluding hydrogens is 418 g/mol. The Morgan fingerprint density at radius 2 is 1.93 bits per heavy atom. The number of hydrogen-bond acceptors (Lipinski definition) is 6. The summed E-state index contributed by atoms with van der Waals surface area (Å²) in [6, 6.07) is 8.78. The van der Waals surface area contributed by atoms with Gasteiger partial charge in [-0.1, -0.05) is 17.7 Å². The van der Waals surface area contributed by atoms with Gasteiger partial charge in [0, 0.05) is 6.07 Å². The van der Waals surface area contributed by atoms with Gasteiger partial charge in [0.05, 0.1) is 34.3 Å². The number of esters is 1. The average Bonchev–Trinajstić information content (AvgIpc) is 2.72. The van der Waals surface area contributed by atoms with Crippen LogP contribution in [-0.2, 0) is 14.8 Å². The third kappa shape index (κ3) is 4.33. The lowest BCUT2D eigenvalue weighted by molar-refractivity contribution is 0.0526. The summed E-state index contributed by atoms with van der Waals surface area (Å²) in [5, 5.41) is 0.169. The van der Waals surface area contributed by atoms with Gasteiger partial charge in [0.2, 0.25) is 0 Å². The van der Waals surface area contributed by atoms with Crippen molar-refractivity contribution in [2.45, 2.75) is 11.8 Å². The van der Waals surface area contributed by atoms with Crippen molar-refractivity contribution >= 4 is 33.3 Å². The van der Waals surface area contributed by atoms with Crippen molar-refractivity contribution in [2.75, 3.05) is 30.7 Å². The van der Waals surface area contributed by atoms with Crippen molar-refractivity contribution in [3.63, 3.8) is 0 Å². The van der Waals surface area contributed by atoms with E-state index < -0.39 is 16.0 Å². The Kier molecular flexibility index (Phi) is 6.34. The molecule has 0 N–H and O–H groups in total. The van der Waals surface area contributed by atoms with Gasteiger partial charge >= 0.3 is 5.97 Å². The van der Waals surface area contributed by atoms with Crippen LogP contribution in [0.2, 0.25) is 5.02 Å². The topological polar surface area (TPSA) is 82.1 Å². The highest BCUT2D eigenvalue weighted by atomic mass is 35.5. The van der Waals surface area contributed by atoms with E-state index in [0.717, 1.165) is 4.31 Å². The van der Waals surface area contributed by atoms with Crippen molar-refractivity contribution in [1.29, 1.82) is 0 Å². The number of rotatable bonds is 7. The standard InChI is InChI=1S/C20H20ClNO6S/c1-3-9-22(14-5-7-17(21)16(12-14)20(23)26-4-2)29(24,25)15-6-8-18-19(13-15)28-11-10-27-18/h3,5-8,12-13H,1,4,9-11H2,2H3. The zero-order valence-corrected chi connectivity index (χ0v) is 17.3. The van der Waals surface area contributed by atoms with Crippen LogP contribution in [0.5, 0.6) is 11.5 Å². The molecule has 0 unspecified atom stereocenters. The minimum absolute atomic E-state index is 0.0132. The van der Waals surface area contributed by atoms with Crippen molar-refractivity contribution in [2.24, 2.45) is 0 Å². The molecule has 0 atom stereocenters. The molecule has 7 nitrogen and oxygen atoms in total. The van der Waals surface area contributed by atoms with E-state index in [0.29, 0.717) is 24.7 Å². The summed E-state index contributed by atoms with van der Waals surface area (Å²) < 4.78 is 43.7. The van der Waals surface area contributed by atoms with Crippen molar-refractivity contribution in [1.82, 2.24) is 0 Å². The average molecular weight is 438 g/mol. The maximum absolute atomic E-state index is 13.3. The first kappa shape index (κ1) is 21.0. The fraction of sp³-hybridized carbons (Fsp3) is 0.250. The molecule has 0 aliphatic carbocycles. The van der Waals surface area contributed by atoms with Crippen LogP contribution in [0.25, 0.3) is 0 Å². The first-order valence-electron chi connectivity index (χ1n) is 8.88. The molecule has 9 heteroatoms. The van der Waals surface area contributed by atoms with Gasteiger partial charge in [-0.25, -0.2) is 13.2 Å². The van der Waals surface area contributed by atoms with Crippen LogP contribution in [0.1, 0.15) is 17.3 Å². The van der Waals surface area contributed by atoms with E-state index in [9.17, 15) is 13.2 Å². The number of hydrogen-bond donors (Lipinski definition) is 0. The van der Waals surface area contributed by atoms with Crippen LogP contribution in [0.15, 0.2) is 53.9 Å². The maximum Gasteiger partial charge on any atom is 0.339 e. The zero-order valence-electron chi connectivity index (χ0n) is 15.8. The van der Waals surface area contributed by atoms with Crippen molar-refractivity contribution < 1.29 is 27.4 Å². The van der Waals surface area contributed by atoms with Crippen LogP contribution in [0, 0.1) is 0 Å². The van der Waals surface area contributed by atoms with E-state index in [1.807, 2.05) is 0 Å². The van der Waals surface area contributed by atoms with Gasteiger partial charge in [-0.05, 0) is 37.3 Å². The Balaban J connectivity index is 2.04. The third-order valence-electron chi connectivity index (χ3n) is 4.13. The smallest absolute Gasteiger partial charge is 0.339 e. The van der Waals surface area contributed by atoms with E-state index in [1.54, 1.807) is 13.0 Å². The summed E-state index contributed by atoms with van der Waals surface area (Å²) in [7, 11) is -3.99. The fourth-order valence-electron chi connectivity index (χ4n) is 2.80. The molecule has 0 saturated heterocycles. The Hall–Kier alpha value is -2.71. The lowest BCUT2D eigenvalue weighted by Gasteiger charge is -2.25. The number of nitrogens with zero attached hydrogens (tertiary/aromatic N) is 1. The summed E-state index contributed by atoms with van der Waals surface area (Å²) in [6.45, 7) is 6.22. The normalized spacial score (nSPS) is 12.9. The Labute approximate surface area is 174 Å². The van der Waals surface area contributed by atoms with Gasteiger partial charge < -0.3 is 14.2 Å². The zero-order chi connectivity index (χ0) is 21.0. The summed E-state index contributed by atoms with van der Waals surface area (Å²) in [5.41, 5.74) is 0.338. The molecule has 0 radical (unpaired) electrons. The number of benzene rings is 2. The largest absolute Gasteiger partial charge is 0.486 e. The SMILES string of the molecule is C=CCN(c1ccc(Cl)c(C(=O)OCC)c1)S(=O)(=O)c1ccc2c(c1)OCCO2. The quantitative estimate of drug-likeness (QED) is 0.485. The number of carbonyl (C=O) groups excluding carboxylic acids is 1. The lowest BCUT2D eigenvalue weighted by atomic mass is 10.2. The second-order valence-corrected chi connectivity index (χ2v) is 8.28. The van der Waals surface area contributed by atoms with E-state index in [-0.39, 0.29) is 34.3 Å². The highest BCUT2D eigenvalue weighted by Gasteiger charge is 2.27. The van der Waals surface area contributed by atoms with Crippen molar-refractivity contribution in [3.05, 3.63) is 59.6 Å². The predicted octanol–water partition coefficient (Wildman–Crippen LogP) is 3.67. The second kappa shape index (κ2) is 8.75. The molecule has 0 bridgehead atoms. The molecule has 1 aliphatic rings. The third-order valence-corrected chi connectivity index (χ3v) is 6.25. The minimum Gasteiger partial charge on any atom is -0.486 e. The first-order valence-corrected chi connectivity index (χ1v) is 10.7. The molecular formula is C20H20ClNO6S. The van der Waals surface area contributed by atoms with Crippen LogP contribution in [0.3, 0.4) is 0 Å². The second-order valence-electron chi connectivity index (χ2n) is 6.01. The van der Waals surface area contributed by atoms with Gasteiger partial charge in [-0.2, -0.15) is 0 Å². The van der Waals surface area contributed by atoms with Gasteiger partial charge in [0.1, 0.15) is 13.2 Å². The predicted molar refractivity (Wildman–Crippen MR) is 110 cm³/mol. The highest BCUT2D eigenvalue weighted by Crippen LogP contribution is 2.35. The van der Waals surface area contributed by atoms with Gasteiger partial charge in [-0.15, -0.1) is 6.58 Å². The van der Waals surface area contributed by atoms with E-state index in [2.05, 4.69) is 6.58 Å². The highest BCUT2D eigenvalue weighted by molar-refractivity contribution is 7.92. The van der Waals surface area contributed by atoms with Crippen molar-refractivity contribution in [3.8, 4) is 11.5 Å². The molecule has 0 saturated carbocycles. The number of ether oxygens (including phenoxy) is 3. The molecule has 3 rings (SSSR count). The van der Waals surface area contributed by atoms with Crippen LogP contribution >= 0.6 is 11.6 Å². The number of fused-ring (bicyclic) bond motifs is 1. The molecule has 0 spiro atoms. The Bertz CT molecular complexity index is 1040. The summed E-state index contributed by atoms with van der Waals surface area (Å²) >= 11 is 6.10. The molecule has 1 aliphatic heterocycles. The first-order chi connectivity index (χ1) is 13.9. The van der Waals surface area contributed by atoms with Crippen LogP contribution in [0.4, 0.5) is 5.69 Å². The molecule has 0 amide bonds. The number of carbonyl (C=O) groups is 1. The molecule has 0 fully saturated rings. The summed E-state index contributed by atoms with van der Waals surface area (Å²) in [4.78, 5) is 12.2. The number of halogens is 1. The molecule has 154 valence electrons. The minimum atomic E-state index is -3.99. The molecule has 1 heterocycles. The molecule has 2 aromatic rings. The molecule has 0 aromatic heterocycles. The van der Waals surface area contributed by atoms with E-state index >= 15 is 0 Å². The van der Waals surface area contributed by atoms with Gasteiger partial charge in [0.25, 0.3) is 10.0 Å². The molecule has 29 heavy (non-hydrogen) atoms. The Morgan fingerprint density at radius 1 is 1.21 bits per heavy atom. The van der Waals surface area contributed by atoms with Gasteiger partial charge in [-0.3, -0.25) is 4.31 Å². The Morgan fingerprint density at radius 3 is 2.62 bits per heavy atom. The monoisotopic (exact) mass is 437 g/mol.